The molecule has 0 aliphatic heterocycles. The average molecular weight is 198 g/mol. The van der Waals surface area contributed by atoms with Crippen LogP contribution in [0.5, 0.6) is 0 Å². The van der Waals surface area contributed by atoms with Crippen LogP contribution in [0.3, 0.4) is 0 Å². The predicted molar refractivity (Wildman–Crippen MR) is 57.6 cm³/mol. The predicted octanol–water partition coefficient (Wildman–Crippen LogP) is 1.51. The second kappa shape index (κ2) is 8.31. The van der Waals surface area contributed by atoms with Crippen LogP contribution in [0.1, 0.15) is 19.8 Å². The molecule has 0 aromatic carbocycles. The van der Waals surface area contributed by atoms with E-state index in [1.54, 1.807) is 0 Å². The van der Waals surface area contributed by atoms with E-state index in [0.29, 0.717) is 6.04 Å². The summed E-state index contributed by atoms with van der Waals surface area (Å²) in [6, 6.07) is 0.637. The lowest BCUT2D eigenvalue weighted by atomic mass is 10.2. The van der Waals surface area contributed by atoms with Gasteiger partial charge in [-0.1, -0.05) is 31.7 Å². The molecule has 0 bridgehead atoms. The molecule has 0 rings (SSSR count). The van der Waals surface area contributed by atoms with Crippen LogP contribution in [0.2, 0.25) is 0 Å². The van der Waals surface area contributed by atoms with E-state index >= 15 is 0 Å². The zero-order chi connectivity index (χ0) is 7.82. The Bertz CT molecular complexity index is 57.6. The van der Waals surface area contributed by atoms with Crippen molar-refractivity contribution in [3.05, 3.63) is 0 Å². The molecule has 0 saturated carbocycles. The SMILES string of the molecule is CCC[C@@H](CNP)NPP. The van der Waals surface area contributed by atoms with Crippen molar-refractivity contribution in [3.8, 4) is 0 Å². The Morgan fingerprint density at radius 2 is 2.30 bits per heavy atom. The van der Waals surface area contributed by atoms with Gasteiger partial charge in [-0.25, -0.2) is 0 Å². The Kier molecular flexibility index (Phi) is 9.31. The topological polar surface area (TPSA) is 24.1 Å². The summed E-state index contributed by atoms with van der Waals surface area (Å²) in [5, 5.41) is 6.49. The Labute approximate surface area is 69.9 Å². The molecule has 62 valence electrons. The Balaban J connectivity index is 3.30. The van der Waals surface area contributed by atoms with Gasteiger partial charge in [0.25, 0.3) is 0 Å². The van der Waals surface area contributed by atoms with Crippen molar-refractivity contribution >= 4 is 26.7 Å². The molecule has 4 atom stereocenters. The highest BCUT2D eigenvalue weighted by molar-refractivity contribution is 8.01. The van der Waals surface area contributed by atoms with Crippen molar-refractivity contribution < 1.29 is 0 Å². The maximum absolute atomic E-state index is 3.40. The molecule has 0 amide bonds. The summed E-state index contributed by atoms with van der Waals surface area (Å²) in [5.41, 5.74) is 0. The largest absolute Gasteiger partial charge is 0.299 e. The minimum Gasteiger partial charge on any atom is -0.299 e. The first-order chi connectivity index (χ1) is 4.85. The highest BCUT2D eigenvalue weighted by atomic mass is 32.0. The van der Waals surface area contributed by atoms with Crippen LogP contribution in [-0.2, 0) is 0 Å². The van der Waals surface area contributed by atoms with Gasteiger partial charge in [0, 0.05) is 12.6 Å². The van der Waals surface area contributed by atoms with Crippen molar-refractivity contribution in [2.45, 2.75) is 25.8 Å². The van der Waals surface area contributed by atoms with Crippen molar-refractivity contribution in [2.24, 2.45) is 0 Å². The third-order valence-electron chi connectivity index (χ3n) is 1.29. The van der Waals surface area contributed by atoms with E-state index in [1.807, 2.05) is 0 Å². The molecule has 3 unspecified atom stereocenters. The van der Waals surface area contributed by atoms with Gasteiger partial charge in [-0.3, -0.25) is 10.2 Å². The lowest BCUT2D eigenvalue weighted by Gasteiger charge is -2.15. The first kappa shape index (κ1) is 11.2. The van der Waals surface area contributed by atoms with Crippen molar-refractivity contribution in [3.63, 3.8) is 0 Å². The third kappa shape index (κ3) is 5.96. The van der Waals surface area contributed by atoms with Crippen LogP contribution in [-0.4, -0.2) is 12.6 Å². The molecule has 0 aliphatic carbocycles. The van der Waals surface area contributed by atoms with Crippen LogP contribution in [0, 0.1) is 0 Å². The second-order valence-electron chi connectivity index (χ2n) is 2.18. The van der Waals surface area contributed by atoms with Crippen LogP contribution < -0.4 is 10.2 Å². The first-order valence-electron chi connectivity index (χ1n) is 3.49. The normalized spacial score (nSPS) is 14.7. The van der Waals surface area contributed by atoms with Crippen molar-refractivity contribution in [1.82, 2.24) is 10.2 Å². The molecule has 2 N–H and O–H groups in total. The number of hydrogen-bond acceptors (Lipinski definition) is 2. The summed E-state index contributed by atoms with van der Waals surface area (Å²) in [5.74, 6) is 0. The Morgan fingerprint density at radius 1 is 1.60 bits per heavy atom. The minimum absolute atomic E-state index is 0.637. The van der Waals surface area contributed by atoms with Gasteiger partial charge >= 0.3 is 0 Å². The fourth-order valence-electron chi connectivity index (χ4n) is 0.834. The highest BCUT2D eigenvalue weighted by Gasteiger charge is 2.02. The third-order valence-corrected chi connectivity index (χ3v) is 2.60. The quantitative estimate of drug-likeness (QED) is 0.632. The molecule has 0 aromatic rings. The van der Waals surface area contributed by atoms with E-state index in [-0.39, 0.29) is 0 Å². The fraction of sp³-hybridized carbons (Fsp3) is 1.00. The van der Waals surface area contributed by atoms with Gasteiger partial charge in [0.1, 0.15) is 0 Å². The zero-order valence-corrected chi connectivity index (χ0v) is 9.66. The van der Waals surface area contributed by atoms with E-state index < -0.39 is 0 Å². The molecule has 0 radical (unpaired) electrons. The van der Waals surface area contributed by atoms with Gasteiger partial charge in [0.15, 0.2) is 0 Å². The van der Waals surface area contributed by atoms with E-state index in [2.05, 4.69) is 35.4 Å². The average Bonchev–Trinajstić information content (AvgIpc) is 1.90. The van der Waals surface area contributed by atoms with E-state index in [0.717, 1.165) is 15.0 Å². The lowest BCUT2D eigenvalue weighted by molar-refractivity contribution is 0.565. The van der Waals surface area contributed by atoms with Crippen molar-refractivity contribution in [1.29, 1.82) is 0 Å². The summed E-state index contributed by atoms with van der Waals surface area (Å²) in [6.07, 6.45) is 2.50. The standard InChI is InChI=1S/C5H17N2P3/c1-2-3-5(4-6-8)7-10-9/h5-7,10H,2-4,8-9H2,1H3/t5-/m0/s1. The van der Waals surface area contributed by atoms with Gasteiger partial charge in [-0.15, -0.1) is 0 Å². The van der Waals surface area contributed by atoms with Gasteiger partial charge in [0.05, 0.1) is 0 Å². The second-order valence-corrected chi connectivity index (χ2v) is 4.03. The van der Waals surface area contributed by atoms with E-state index in [4.69, 9.17) is 0 Å². The van der Waals surface area contributed by atoms with Crippen LogP contribution in [0.15, 0.2) is 0 Å². The number of nitrogens with one attached hydrogen (secondary N) is 2. The van der Waals surface area contributed by atoms with Gasteiger partial charge in [-0.05, 0) is 14.8 Å². The van der Waals surface area contributed by atoms with E-state index in [9.17, 15) is 0 Å². The smallest absolute Gasteiger partial charge is 0.0232 e. The highest BCUT2D eigenvalue weighted by Crippen LogP contribution is 2.16. The molecule has 0 fully saturated rings. The summed E-state index contributed by atoms with van der Waals surface area (Å²) in [7, 11) is 6.01. The zero-order valence-electron chi connectivity index (χ0n) is 6.35. The molecular formula is C5H17N2P3. The molecule has 0 saturated heterocycles. The lowest BCUT2D eigenvalue weighted by Crippen LogP contribution is -2.29. The Morgan fingerprint density at radius 3 is 2.70 bits per heavy atom. The van der Waals surface area contributed by atoms with Crippen LogP contribution in [0.25, 0.3) is 0 Å². The molecule has 0 aliphatic rings. The first-order valence-corrected chi connectivity index (χ1v) is 6.88. The molecule has 2 nitrogen and oxygen atoms in total. The Hall–Kier alpha value is 1.21. The maximum Gasteiger partial charge on any atom is 0.0232 e. The maximum atomic E-state index is 3.40. The molecular weight excluding hydrogens is 181 g/mol. The molecule has 0 aromatic heterocycles. The van der Waals surface area contributed by atoms with Gasteiger partial charge in [0.2, 0.25) is 0 Å². The summed E-state index contributed by atoms with van der Waals surface area (Å²) >= 11 is 0. The molecule has 5 heteroatoms. The fourth-order valence-corrected chi connectivity index (χ4v) is 2.31. The number of rotatable bonds is 6. The molecule has 10 heavy (non-hydrogen) atoms. The summed E-state index contributed by atoms with van der Waals surface area (Å²) in [4.78, 5) is 0. The van der Waals surface area contributed by atoms with Crippen molar-refractivity contribution in [2.75, 3.05) is 6.54 Å². The van der Waals surface area contributed by atoms with Gasteiger partial charge < -0.3 is 0 Å². The van der Waals surface area contributed by atoms with Crippen LogP contribution >= 0.6 is 26.7 Å². The molecule has 0 heterocycles. The summed E-state index contributed by atoms with van der Waals surface area (Å²) < 4.78 is 0. The molecule has 0 spiro atoms. The van der Waals surface area contributed by atoms with Crippen LogP contribution in [0.4, 0.5) is 0 Å². The van der Waals surface area contributed by atoms with Gasteiger partial charge in [-0.2, -0.15) is 0 Å². The van der Waals surface area contributed by atoms with E-state index in [1.165, 1.54) is 12.8 Å². The monoisotopic (exact) mass is 198 g/mol. The summed E-state index contributed by atoms with van der Waals surface area (Å²) in [6.45, 7) is 3.25. The number of hydrogen-bond donors (Lipinski definition) is 2. The minimum atomic E-state index is 0.637.